The van der Waals surface area contributed by atoms with E-state index in [1.807, 2.05) is 12.3 Å². The lowest BCUT2D eigenvalue weighted by atomic mass is 9.87. The van der Waals surface area contributed by atoms with Gasteiger partial charge in [0.25, 0.3) is 0 Å². The number of nitrogens with one attached hydrogen (secondary N) is 3. The fourth-order valence-corrected chi connectivity index (χ4v) is 3.50. The van der Waals surface area contributed by atoms with Crippen LogP contribution in [0.5, 0.6) is 0 Å². The molecule has 120 valence electrons. The monoisotopic (exact) mass is 314 g/mol. The lowest BCUT2D eigenvalue weighted by Crippen LogP contribution is -2.29. The van der Waals surface area contributed by atoms with E-state index in [2.05, 4.69) is 20.8 Å². The number of fused-ring (bicyclic) bond motifs is 2. The Morgan fingerprint density at radius 3 is 3.13 bits per heavy atom. The Morgan fingerprint density at radius 2 is 2.22 bits per heavy atom. The maximum atomic E-state index is 14.6. The Labute approximate surface area is 133 Å². The number of amides is 1. The van der Waals surface area contributed by atoms with Gasteiger partial charge in [0.2, 0.25) is 5.91 Å². The van der Waals surface area contributed by atoms with E-state index in [1.54, 1.807) is 6.07 Å². The number of rotatable bonds is 2. The number of aryl methyl sites for hydroxylation is 1. The van der Waals surface area contributed by atoms with E-state index >= 15 is 0 Å². The minimum Gasteiger partial charge on any atom is -0.323 e. The molecule has 1 aromatic heterocycles. The second-order valence-corrected chi connectivity index (χ2v) is 6.29. The number of nitrogens with zero attached hydrogens (tertiary/aromatic N) is 1. The predicted molar refractivity (Wildman–Crippen MR) is 84.5 cm³/mol. The molecule has 0 bridgehead atoms. The number of carbonyl (C=O) groups excluding carboxylic acids is 1. The number of aromatic nitrogens is 2. The average molecular weight is 314 g/mol. The largest absolute Gasteiger partial charge is 0.323 e. The molecule has 1 aliphatic carbocycles. The molecule has 3 N–H and O–H groups in total. The molecule has 5 nitrogen and oxygen atoms in total. The fourth-order valence-electron chi connectivity index (χ4n) is 3.50. The summed E-state index contributed by atoms with van der Waals surface area (Å²) in [5.74, 6) is -0.534. The Bertz CT molecular complexity index is 755. The van der Waals surface area contributed by atoms with Crippen LogP contribution in [0.4, 0.5) is 10.1 Å². The van der Waals surface area contributed by atoms with Gasteiger partial charge in [-0.1, -0.05) is 6.07 Å². The highest BCUT2D eigenvalue weighted by Crippen LogP contribution is 2.28. The molecule has 6 heteroatoms. The predicted octanol–water partition coefficient (Wildman–Crippen LogP) is 1.94. The SMILES string of the molecule is O=C(Nc1ccc2c(c1F)CCNC2)C1CCc2cn[nH]c2C1. The van der Waals surface area contributed by atoms with E-state index < -0.39 is 0 Å². The van der Waals surface area contributed by atoms with Crippen molar-refractivity contribution in [1.82, 2.24) is 15.5 Å². The molecule has 1 atom stereocenters. The van der Waals surface area contributed by atoms with Gasteiger partial charge in [0, 0.05) is 24.6 Å². The average Bonchev–Trinajstić information content (AvgIpc) is 3.05. The van der Waals surface area contributed by atoms with Gasteiger partial charge in [0.15, 0.2) is 0 Å². The zero-order valence-corrected chi connectivity index (χ0v) is 12.8. The molecule has 1 aliphatic heterocycles. The first-order valence-corrected chi connectivity index (χ1v) is 8.05. The first kappa shape index (κ1) is 14.4. The molecule has 0 fully saturated rings. The molecular formula is C17H19FN4O. The molecule has 2 aliphatic rings. The third-order valence-corrected chi connectivity index (χ3v) is 4.86. The fraction of sp³-hybridized carbons (Fsp3) is 0.412. The molecule has 1 unspecified atom stereocenters. The van der Waals surface area contributed by atoms with E-state index in [-0.39, 0.29) is 17.6 Å². The van der Waals surface area contributed by atoms with Gasteiger partial charge in [0.05, 0.1) is 11.9 Å². The topological polar surface area (TPSA) is 69.8 Å². The summed E-state index contributed by atoms with van der Waals surface area (Å²) in [6, 6.07) is 3.57. The lowest BCUT2D eigenvalue weighted by Gasteiger charge is -2.23. The van der Waals surface area contributed by atoms with Gasteiger partial charge in [0.1, 0.15) is 5.82 Å². The van der Waals surface area contributed by atoms with Crippen LogP contribution in [0.3, 0.4) is 0 Å². The molecule has 4 rings (SSSR count). The first-order valence-electron chi connectivity index (χ1n) is 8.05. The number of H-pyrrole nitrogens is 1. The highest BCUT2D eigenvalue weighted by atomic mass is 19.1. The lowest BCUT2D eigenvalue weighted by molar-refractivity contribution is -0.120. The van der Waals surface area contributed by atoms with E-state index in [4.69, 9.17) is 0 Å². The molecule has 0 spiro atoms. The van der Waals surface area contributed by atoms with Crippen LogP contribution in [0, 0.1) is 11.7 Å². The smallest absolute Gasteiger partial charge is 0.227 e. The summed E-state index contributed by atoms with van der Waals surface area (Å²) in [6.07, 6.45) is 4.72. The van der Waals surface area contributed by atoms with Crippen molar-refractivity contribution in [3.63, 3.8) is 0 Å². The highest BCUT2D eigenvalue weighted by Gasteiger charge is 2.27. The van der Waals surface area contributed by atoms with Crippen LogP contribution in [0.25, 0.3) is 0 Å². The van der Waals surface area contributed by atoms with Crippen molar-refractivity contribution in [2.24, 2.45) is 5.92 Å². The van der Waals surface area contributed by atoms with Gasteiger partial charge < -0.3 is 10.6 Å². The Morgan fingerprint density at radius 1 is 1.30 bits per heavy atom. The summed E-state index contributed by atoms with van der Waals surface area (Å²) in [5, 5.41) is 13.0. The van der Waals surface area contributed by atoms with E-state index in [0.29, 0.717) is 25.1 Å². The maximum absolute atomic E-state index is 14.6. The van der Waals surface area contributed by atoms with E-state index in [9.17, 15) is 9.18 Å². The van der Waals surface area contributed by atoms with Gasteiger partial charge >= 0.3 is 0 Å². The number of hydrogen-bond donors (Lipinski definition) is 3. The van der Waals surface area contributed by atoms with Gasteiger partial charge in [-0.3, -0.25) is 9.89 Å². The van der Waals surface area contributed by atoms with Crippen LogP contribution in [-0.4, -0.2) is 22.6 Å². The molecule has 2 heterocycles. The molecule has 2 aromatic rings. The number of anilines is 1. The number of aromatic amines is 1. The highest BCUT2D eigenvalue weighted by molar-refractivity contribution is 5.93. The normalized spacial score (nSPS) is 19.8. The summed E-state index contributed by atoms with van der Waals surface area (Å²) in [4.78, 5) is 12.5. The second kappa shape index (κ2) is 5.77. The number of halogens is 1. The number of carbonyl (C=O) groups is 1. The van der Waals surface area contributed by atoms with E-state index in [0.717, 1.165) is 36.2 Å². The third kappa shape index (κ3) is 2.63. The first-order chi connectivity index (χ1) is 11.2. The van der Waals surface area contributed by atoms with Crippen LogP contribution < -0.4 is 10.6 Å². The zero-order valence-electron chi connectivity index (χ0n) is 12.8. The number of hydrogen-bond acceptors (Lipinski definition) is 3. The van der Waals surface area contributed by atoms with Crippen LogP contribution >= 0.6 is 0 Å². The molecule has 1 aromatic carbocycles. The quantitative estimate of drug-likeness (QED) is 0.793. The molecular weight excluding hydrogens is 295 g/mol. The minimum absolute atomic E-state index is 0.113. The molecule has 1 amide bonds. The van der Waals surface area contributed by atoms with Crippen molar-refractivity contribution < 1.29 is 9.18 Å². The van der Waals surface area contributed by atoms with Crippen LogP contribution in [0.2, 0.25) is 0 Å². The third-order valence-electron chi connectivity index (χ3n) is 4.86. The van der Waals surface area contributed by atoms with Crippen molar-refractivity contribution in [2.45, 2.75) is 32.2 Å². The number of benzene rings is 1. The molecule has 23 heavy (non-hydrogen) atoms. The Balaban J connectivity index is 1.51. The van der Waals surface area contributed by atoms with Gasteiger partial charge in [-0.25, -0.2) is 4.39 Å². The Kier molecular flexibility index (Phi) is 3.61. The standard InChI is InChI=1S/C17H19FN4O/c18-16-13-5-6-19-8-11(13)3-4-14(16)21-17(23)10-1-2-12-9-20-22-15(12)7-10/h3-4,9-10,19H,1-2,5-8H2,(H,20,22)(H,21,23). The summed E-state index contributed by atoms with van der Waals surface area (Å²) in [6.45, 7) is 1.46. The van der Waals surface area contributed by atoms with E-state index in [1.165, 1.54) is 5.56 Å². The van der Waals surface area contributed by atoms with Crippen LogP contribution in [0.1, 0.15) is 28.8 Å². The summed E-state index contributed by atoms with van der Waals surface area (Å²) in [7, 11) is 0. The summed E-state index contributed by atoms with van der Waals surface area (Å²) < 4.78 is 14.6. The summed E-state index contributed by atoms with van der Waals surface area (Å²) in [5.41, 5.74) is 4.20. The minimum atomic E-state index is -0.282. The molecule has 0 saturated carbocycles. The van der Waals surface area contributed by atoms with Crippen molar-refractivity contribution in [1.29, 1.82) is 0 Å². The van der Waals surface area contributed by atoms with Crippen LogP contribution in [-0.2, 0) is 30.6 Å². The zero-order chi connectivity index (χ0) is 15.8. The molecule has 0 saturated heterocycles. The van der Waals surface area contributed by atoms with Crippen molar-refractivity contribution >= 4 is 11.6 Å². The second-order valence-electron chi connectivity index (χ2n) is 6.29. The van der Waals surface area contributed by atoms with Crippen molar-refractivity contribution in [3.05, 3.63) is 46.5 Å². The maximum Gasteiger partial charge on any atom is 0.227 e. The van der Waals surface area contributed by atoms with Crippen molar-refractivity contribution in [2.75, 3.05) is 11.9 Å². The van der Waals surface area contributed by atoms with Gasteiger partial charge in [-0.2, -0.15) is 5.10 Å². The summed E-state index contributed by atoms with van der Waals surface area (Å²) >= 11 is 0. The Hall–Kier alpha value is -2.21. The molecule has 0 radical (unpaired) electrons. The van der Waals surface area contributed by atoms with Crippen molar-refractivity contribution in [3.8, 4) is 0 Å². The van der Waals surface area contributed by atoms with Gasteiger partial charge in [-0.05, 0) is 48.6 Å². The van der Waals surface area contributed by atoms with Crippen LogP contribution in [0.15, 0.2) is 18.3 Å². The van der Waals surface area contributed by atoms with Gasteiger partial charge in [-0.15, -0.1) is 0 Å².